The quantitative estimate of drug-likeness (QED) is 0.879. The molecule has 0 aromatic heterocycles. The highest BCUT2D eigenvalue weighted by atomic mass is 19.1. The molecule has 106 valence electrons. The van der Waals surface area contributed by atoms with E-state index in [4.69, 9.17) is 0 Å². The molecule has 0 amide bonds. The van der Waals surface area contributed by atoms with E-state index in [1.807, 2.05) is 12.1 Å². The molecular weight excluding hydrogens is 239 g/mol. The van der Waals surface area contributed by atoms with Crippen molar-refractivity contribution >= 4 is 0 Å². The third-order valence-corrected chi connectivity index (χ3v) is 4.33. The van der Waals surface area contributed by atoms with Gasteiger partial charge in [-0.05, 0) is 63.0 Å². The van der Waals surface area contributed by atoms with E-state index in [2.05, 4.69) is 24.1 Å². The molecule has 2 nitrogen and oxygen atoms in total. The van der Waals surface area contributed by atoms with Crippen LogP contribution in [0.1, 0.15) is 32.3 Å². The number of hydrogen-bond acceptors (Lipinski definition) is 2. The highest BCUT2D eigenvalue weighted by Crippen LogP contribution is 2.20. The van der Waals surface area contributed by atoms with Crippen molar-refractivity contribution < 1.29 is 4.39 Å². The van der Waals surface area contributed by atoms with Crippen molar-refractivity contribution in [3.8, 4) is 0 Å². The van der Waals surface area contributed by atoms with Crippen LogP contribution in [0.3, 0.4) is 0 Å². The van der Waals surface area contributed by atoms with E-state index in [9.17, 15) is 4.39 Å². The summed E-state index contributed by atoms with van der Waals surface area (Å²) in [4.78, 5) is 2.52. The summed E-state index contributed by atoms with van der Waals surface area (Å²) in [5.74, 6) is 0.604. The van der Waals surface area contributed by atoms with Gasteiger partial charge in [-0.1, -0.05) is 19.1 Å². The molecule has 0 aliphatic carbocycles. The molecule has 1 saturated heterocycles. The Hall–Kier alpha value is -0.930. The molecule has 1 fully saturated rings. The molecule has 1 aliphatic rings. The number of likely N-dealkylation sites (tertiary alicyclic amines) is 1. The Morgan fingerprint density at radius 2 is 1.89 bits per heavy atom. The van der Waals surface area contributed by atoms with Gasteiger partial charge < -0.3 is 10.2 Å². The molecule has 0 radical (unpaired) electrons. The number of rotatable bonds is 5. The minimum Gasteiger partial charge on any atom is -0.310 e. The predicted octanol–water partition coefficient (Wildman–Crippen LogP) is 3.04. The number of piperidine rings is 1. The van der Waals surface area contributed by atoms with E-state index in [1.165, 1.54) is 44.6 Å². The Morgan fingerprint density at radius 3 is 2.47 bits per heavy atom. The smallest absolute Gasteiger partial charge is 0.123 e. The average Bonchev–Trinajstić information content (AvgIpc) is 2.46. The second-order valence-electron chi connectivity index (χ2n) is 5.57. The second kappa shape index (κ2) is 7.01. The van der Waals surface area contributed by atoms with Crippen molar-refractivity contribution in [2.24, 2.45) is 5.92 Å². The lowest BCUT2D eigenvalue weighted by Crippen LogP contribution is -2.41. The summed E-state index contributed by atoms with van der Waals surface area (Å²) in [6.45, 7) is 8.96. The summed E-state index contributed by atoms with van der Waals surface area (Å²) in [6.07, 6.45) is 2.57. The largest absolute Gasteiger partial charge is 0.310 e. The van der Waals surface area contributed by atoms with Gasteiger partial charge >= 0.3 is 0 Å². The van der Waals surface area contributed by atoms with E-state index < -0.39 is 0 Å². The Morgan fingerprint density at radius 1 is 1.26 bits per heavy atom. The van der Waals surface area contributed by atoms with E-state index in [1.54, 1.807) is 0 Å². The van der Waals surface area contributed by atoms with Crippen LogP contribution in [0.15, 0.2) is 24.3 Å². The van der Waals surface area contributed by atoms with E-state index >= 15 is 0 Å². The zero-order valence-corrected chi connectivity index (χ0v) is 12.0. The van der Waals surface area contributed by atoms with E-state index in [0.29, 0.717) is 6.04 Å². The average molecular weight is 264 g/mol. The van der Waals surface area contributed by atoms with Crippen LogP contribution in [-0.2, 0) is 6.54 Å². The maximum atomic E-state index is 12.8. The predicted molar refractivity (Wildman–Crippen MR) is 77.5 cm³/mol. The standard InChI is InChI=1S/C16H25FN2/c1-3-19-10-8-15(9-11-19)13(2)18-12-14-4-6-16(17)7-5-14/h4-7,13,15,18H,3,8-12H2,1-2H3. The van der Waals surface area contributed by atoms with Crippen LogP contribution in [0.25, 0.3) is 0 Å². The SMILES string of the molecule is CCN1CCC(C(C)NCc2ccc(F)cc2)CC1. The Balaban J connectivity index is 1.75. The lowest BCUT2D eigenvalue weighted by atomic mass is 9.90. The molecule has 1 atom stereocenters. The maximum Gasteiger partial charge on any atom is 0.123 e. The van der Waals surface area contributed by atoms with E-state index in [-0.39, 0.29) is 5.82 Å². The van der Waals surface area contributed by atoms with Crippen LogP contribution in [0.5, 0.6) is 0 Å². The highest BCUT2D eigenvalue weighted by molar-refractivity contribution is 5.15. The zero-order valence-electron chi connectivity index (χ0n) is 12.0. The topological polar surface area (TPSA) is 15.3 Å². The van der Waals surface area contributed by atoms with Gasteiger partial charge in [-0.2, -0.15) is 0 Å². The Kier molecular flexibility index (Phi) is 5.34. The van der Waals surface area contributed by atoms with E-state index in [0.717, 1.165) is 18.0 Å². The van der Waals surface area contributed by atoms with Crippen molar-refractivity contribution in [2.45, 2.75) is 39.3 Å². The van der Waals surface area contributed by atoms with Gasteiger partial charge in [0.1, 0.15) is 5.82 Å². The first-order valence-electron chi connectivity index (χ1n) is 7.39. The first-order valence-corrected chi connectivity index (χ1v) is 7.39. The number of nitrogens with one attached hydrogen (secondary N) is 1. The monoisotopic (exact) mass is 264 g/mol. The van der Waals surface area contributed by atoms with Crippen molar-refractivity contribution in [3.63, 3.8) is 0 Å². The molecule has 0 bridgehead atoms. The molecule has 1 aromatic carbocycles. The first kappa shape index (κ1) is 14.5. The second-order valence-corrected chi connectivity index (χ2v) is 5.57. The molecule has 0 spiro atoms. The molecule has 19 heavy (non-hydrogen) atoms. The van der Waals surface area contributed by atoms with Gasteiger partial charge in [-0.3, -0.25) is 0 Å². The fourth-order valence-electron chi connectivity index (χ4n) is 2.82. The molecule has 1 heterocycles. The summed E-state index contributed by atoms with van der Waals surface area (Å²) in [5, 5.41) is 3.58. The minimum absolute atomic E-state index is 0.163. The normalized spacial score (nSPS) is 19.5. The molecule has 0 saturated carbocycles. The van der Waals surface area contributed by atoms with Gasteiger partial charge in [-0.15, -0.1) is 0 Å². The first-order chi connectivity index (χ1) is 9.19. The lowest BCUT2D eigenvalue weighted by Gasteiger charge is -2.34. The van der Waals surface area contributed by atoms with Crippen molar-refractivity contribution in [2.75, 3.05) is 19.6 Å². The van der Waals surface area contributed by atoms with Gasteiger partial charge in [-0.25, -0.2) is 4.39 Å². The van der Waals surface area contributed by atoms with Crippen molar-refractivity contribution in [3.05, 3.63) is 35.6 Å². The molecule has 1 aromatic rings. The fourth-order valence-corrected chi connectivity index (χ4v) is 2.82. The maximum absolute atomic E-state index is 12.8. The molecule has 1 aliphatic heterocycles. The van der Waals surface area contributed by atoms with Crippen LogP contribution < -0.4 is 5.32 Å². The van der Waals surface area contributed by atoms with Gasteiger partial charge in [0.25, 0.3) is 0 Å². The van der Waals surface area contributed by atoms with Gasteiger partial charge in [0, 0.05) is 12.6 Å². The summed E-state index contributed by atoms with van der Waals surface area (Å²) in [5.41, 5.74) is 1.15. The lowest BCUT2D eigenvalue weighted by molar-refractivity contribution is 0.168. The molecule has 3 heteroatoms. The number of benzene rings is 1. The zero-order chi connectivity index (χ0) is 13.7. The van der Waals surface area contributed by atoms with Crippen LogP contribution >= 0.6 is 0 Å². The molecule has 1 unspecified atom stereocenters. The Bertz CT molecular complexity index is 369. The van der Waals surface area contributed by atoms with Crippen LogP contribution in [0, 0.1) is 11.7 Å². The molecule has 1 N–H and O–H groups in total. The summed E-state index contributed by atoms with van der Waals surface area (Å²) in [7, 11) is 0. The number of halogens is 1. The number of hydrogen-bond donors (Lipinski definition) is 1. The molecular formula is C16H25FN2. The number of nitrogens with zero attached hydrogens (tertiary/aromatic N) is 1. The summed E-state index contributed by atoms with van der Waals surface area (Å²) < 4.78 is 12.8. The summed E-state index contributed by atoms with van der Waals surface area (Å²) in [6, 6.07) is 7.30. The van der Waals surface area contributed by atoms with Crippen molar-refractivity contribution in [1.82, 2.24) is 10.2 Å². The molecule has 2 rings (SSSR count). The highest BCUT2D eigenvalue weighted by Gasteiger charge is 2.22. The van der Waals surface area contributed by atoms with Gasteiger partial charge in [0.15, 0.2) is 0 Å². The van der Waals surface area contributed by atoms with Crippen molar-refractivity contribution in [1.29, 1.82) is 0 Å². The minimum atomic E-state index is -0.163. The van der Waals surface area contributed by atoms with Crippen LogP contribution in [-0.4, -0.2) is 30.6 Å². The van der Waals surface area contributed by atoms with Crippen LogP contribution in [0.2, 0.25) is 0 Å². The van der Waals surface area contributed by atoms with Gasteiger partial charge in [0.2, 0.25) is 0 Å². The Labute approximate surface area is 116 Å². The third kappa shape index (κ3) is 4.29. The fraction of sp³-hybridized carbons (Fsp3) is 0.625. The summed E-state index contributed by atoms with van der Waals surface area (Å²) >= 11 is 0. The van der Waals surface area contributed by atoms with Gasteiger partial charge in [0.05, 0.1) is 0 Å². The van der Waals surface area contributed by atoms with Crippen LogP contribution in [0.4, 0.5) is 4.39 Å². The third-order valence-electron chi connectivity index (χ3n) is 4.33.